The van der Waals surface area contributed by atoms with Crippen LogP contribution in [0.2, 0.25) is 5.15 Å². The Morgan fingerprint density at radius 2 is 1.39 bits per heavy atom. The molecule has 0 radical (unpaired) electrons. The van der Waals surface area contributed by atoms with Crippen molar-refractivity contribution in [2.75, 3.05) is 26.2 Å². The van der Waals surface area contributed by atoms with Crippen LogP contribution >= 0.6 is 11.6 Å². The van der Waals surface area contributed by atoms with E-state index in [-0.39, 0.29) is 11.8 Å². The van der Waals surface area contributed by atoms with Crippen molar-refractivity contribution in [3.05, 3.63) is 64.9 Å². The summed E-state index contributed by atoms with van der Waals surface area (Å²) in [6, 6.07) is 12.5. The summed E-state index contributed by atoms with van der Waals surface area (Å²) in [5.41, 5.74) is 1.19. The SMILES string of the molecule is O=C(c1ccccc1)N1CCN(C(=O)c2ccc(Cl)nc2)CC1. The van der Waals surface area contributed by atoms with Crippen LogP contribution in [0.5, 0.6) is 0 Å². The molecular weight excluding hydrogens is 314 g/mol. The van der Waals surface area contributed by atoms with Crippen molar-refractivity contribution in [1.29, 1.82) is 0 Å². The van der Waals surface area contributed by atoms with Crippen molar-refractivity contribution in [2.24, 2.45) is 0 Å². The molecule has 1 aromatic heterocycles. The Kier molecular flexibility index (Phi) is 4.57. The molecule has 0 atom stereocenters. The van der Waals surface area contributed by atoms with Gasteiger partial charge in [0.25, 0.3) is 11.8 Å². The summed E-state index contributed by atoms with van der Waals surface area (Å²) in [6.45, 7) is 2.08. The average Bonchev–Trinajstić information content (AvgIpc) is 2.62. The topological polar surface area (TPSA) is 53.5 Å². The molecule has 6 heteroatoms. The van der Waals surface area contributed by atoms with Gasteiger partial charge in [0, 0.05) is 37.9 Å². The standard InChI is InChI=1S/C17H16ClN3O2/c18-15-7-6-14(12-19-15)17(23)21-10-8-20(9-11-21)16(22)13-4-2-1-3-5-13/h1-7,12H,8-11H2. The number of hydrogen-bond donors (Lipinski definition) is 0. The smallest absolute Gasteiger partial charge is 0.255 e. The average molecular weight is 330 g/mol. The van der Waals surface area contributed by atoms with Crippen LogP contribution < -0.4 is 0 Å². The fourth-order valence-electron chi connectivity index (χ4n) is 2.56. The molecule has 0 N–H and O–H groups in total. The van der Waals surface area contributed by atoms with Crippen molar-refractivity contribution < 1.29 is 9.59 Å². The molecule has 1 aliphatic rings. The number of hydrogen-bond acceptors (Lipinski definition) is 3. The minimum absolute atomic E-state index is 0.00542. The summed E-state index contributed by atoms with van der Waals surface area (Å²) in [7, 11) is 0. The maximum absolute atomic E-state index is 12.4. The van der Waals surface area contributed by atoms with Gasteiger partial charge >= 0.3 is 0 Å². The van der Waals surface area contributed by atoms with E-state index < -0.39 is 0 Å². The lowest BCUT2D eigenvalue weighted by atomic mass is 10.1. The van der Waals surface area contributed by atoms with Gasteiger partial charge in [-0.15, -0.1) is 0 Å². The van der Waals surface area contributed by atoms with Crippen LogP contribution in [-0.2, 0) is 0 Å². The molecule has 5 nitrogen and oxygen atoms in total. The van der Waals surface area contributed by atoms with Gasteiger partial charge in [-0.05, 0) is 24.3 Å². The Morgan fingerprint density at radius 1 is 0.826 bits per heavy atom. The number of carbonyl (C=O) groups is 2. The second-order valence-corrected chi connectivity index (χ2v) is 5.71. The summed E-state index contributed by atoms with van der Waals surface area (Å²) in [5, 5.41) is 0.361. The highest BCUT2D eigenvalue weighted by molar-refractivity contribution is 6.29. The first kappa shape index (κ1) is 15.5. The molecule has 2 aromatic rings. The van der Waals surface area contributed by atoms with E-state index >= 15 is 0 Å². The van der Waals surface area contributed by atoms with Gasteiger partial charge < -0.3 is 9.80 Å². The molecule has 0 aliphatic carbocycles. The summed E-state index contributed by atoms with van der Waals surface area (Å²) < 4.78 is 0. The largest absolute Gasteiger partial charge is 0.335 e. The zero-order chi connectivity index (χ0) is 16.2. The third-order valence-electron chi connectivity index (χ3n) is 3.85. The second-order valence-electron chi connectivity index (χ2n) is 5.32. The van der Waals surface area contributed by atoms with Crippen molar-refractivity contribution in [1.82, 2.24) is 14.8 Å². The third-order valence-corrected chi connectivity index (χ3v) is 4.07. The van der Waals surface area contributed by atoms with Gasteiger partial charge in [0.15, 0.2) is 0 Å². The number of pyridine rings is 1. The number of amides is 2. The molecule has 118 valence electrons. The molecule has 23 heavy (non-hydrogen) atoms. The number of rotatable bonds is 2. The van der Waals surface area contributed by atoms with E-state index in [1.54, 1.807) is 34.1 Å². The Hall–Kier alpha value is -2.40. The monoisotopic (exact) mass is 329 g/mol. The first-order valence-corrected chi connectivity index (χ1v) is 7.78. The first-order valence-electron chi connectivity index (χ1n) is 7.40. The molecule has 1 saturated heterocycles. The predicted molar refractivity (Wildman–Crippen MR) is 87.5 cm³/mol. The van der Waals surface area contributed by atoms with E-state index in [0.717, 1.165) is 0 Å². The molecule has 0 spiro atoms. The predicted octanol–water partition coefficient (Wildman–Crippen LogP) is 2.33. The molecule has 0 unspecified atom stereocenters. The zero-order valence-electron chi connectivity index (χ0n) is 12.5. The molecule has 0 saturated carbocycles. The molecule has 1 aromatic carbocycles. The summed E-state index contributed by atoms with van der Waals surface area (Å²) in [5.74, 6) is -0.0770. The molecule has 3 rings (SSSR count). The molecule has 1 aliphatic heterocycles. The van der Waals surface area contributed by atoms with E-state index in [9.17, 15) is 9.59 Å². The Labute approximate surface area is 139 Å². The summed E-state index contributed by atoms with van der Waals surface area (Å²) in [6.07, 6.45) is 1.48. The van der Waals surface area contributed by atoms with E-state index in [2.05, 4.69) is 4.98 Å². The van der Waals surface area contributed by atoms with Gasteiger partial charge in [-0.3, -0.25) is 9.59 Å². The summed E-state index contributed by atoms with van der Waals surface area (Å²) >= 11 is 5.73. The fourth-order valence-corrected chi connectivity index (χ4v) is 2.67. The van der Waals surface area contributed by atoms with E-state index in [1.165, 1.54) is 6.20 Å². The Balaban J connectivity index is 1.61. The number of piperazine rings is 1. The molecule has 0 bridgehead atoms. The number of carbonyl (C=O) groups excluding carboxylic acids is 2. The van der Waals surface area contributed by atoms with Crippen molar-refractivity contribution in [2.45, 2.75) is 0 Å². The third kappa shape index (κ3) is 3.51. The van der Waals surface area contributed by atoms with Crippen LogP contribution in [0.25, 0.3) is 0 Å². The van der Waals surface area contributed by atoms with Crippen LogP contribution in [0, 0.1) is 0 Å². The van der Waals surface area contributed by atoms with Gasteiger partial charge in [-0.1, -0.05) is 29.8 Å². The number of aromatic nitrogens is 1. The highest BCUT2D eigenvalue weighted by Gasteiger charge is 2.25. The van der Waals surface area contributed by atoms with Gasteiger partial charge in [0.1, 0.15) is 5.15 Å². The maximum atomic E-state index is 12.4. The fraction of sp³-hybridized carbons (Fsp3) is 0.235. The quantitative estimate of drug-likeness (QED) is 0.795. The Morgan fingerprint density at radius 3 is 1.91 bits per heavy atom. The lowest BCUT2D eigenvalue weighted by Crippen LogP contribution is -2.50. The molecule has 2 amide bonds. The van der Waals surface area contributed by atoms with E-state index in [1.807, 2.05) is 18.2 Å². The second kappa shape index (κ2) is 6.79. The van der Waals surface area contributed by atoms with Crippen molar-refractivity contribution >= 4 is 23.4 Å². The Bertz CT molecular complexity index is 696. The van der Waals surface area contributed by atoms with Crippen LogP contribution in [-0.4, -0.2) is 52.8 Å². The molecular formula is C17H16ClN3O2. The van der Waals surface area contributed by atoms with Gasteiger partial charge in [0.2, 0.25) is 0 Å². The normalized spacial score (nSPS) is 14.7. The molecule has 1 fully saturated rings. The van der Waals surface area contributed by atoms with E-state index in [4.69, 9.17) is 11.6 Å². The molecule has 2 heterocycles. The van der Waals surface area contributed by atoms with Crippen molar-refractivity contribution in [3.8, 4) is 0 Å². The van der Waals surface area contributed by atoms with Gasteiger partial charge in [0.05, 0.1) is 5.56 Å². The highest BCUT2D eigenvalue weighted by atomic mass is 35.5. The summed E-state index contributed by atoms with van der Waals surface area (Å²) in [4.78, 5) is 32.2. The number of halogens is 1. The van der Waals surface area contributed by atoms with Crippen LogP contribution in [0.3, 0.4) is 0 Å². The number of benzene rings is 1. The van der Waals surface area contributed by atoms with Crippen molar-refractivity contribution in [3.63, 3.8) is 0 Å². The van der Waals surface area contributed by atoms with Crippen LogP contribution in [0.1, 0.15) is 20.7 Å². The minimum Gasteiger partial charge on any atom is -0.335 e. The first-order chi connectivity index (χ1) is 11.1. The van der Waals surface area contributed by atoms with E-state index in [0.29, 0.717) is 42.5 Å². The lowest BCUT2D eigenvalue weighted by Gasteiger charge is -2.34. The van der Waals surface area contributed by atoms with Crippen LogP contribution in [0.15, 0.2) is 48.7 Å². The van der Waals surface area contributed by atoms with Crippen LogP contribution in [0.4, 0.5) is 0 Å². The highest BCUT2D eigenvalue weighted by Crippen LogP contribution is 2.12. The van der Waals surface area contributed by atoms with Gasteiger partial charge in [-0.25, -0.2) is 4.98 Å². The minimum atomic E-state index is -0.0824. The maximum Gasteiger partial charge on any atom is 0.255 e. The zero-order valence-corrected chi connectivity index (χ0v) is 13.2. The van der Waals surface area contributed by atoms with Gasteiger partial charge in [-0.2, -0.15) is 0 Å². The number of nitrogens with zero attached hydrogens (tertiary/aromatic N) is 3. The lowest BCUT2D eigenvalue weighted by molar-refractivity contribution is 0.0535.